The summed E-state index contributed by atoms with van der Waals surface area (Å²) < 4.78 is 14.1. The van der Waals surface area contributed by atoms with Gasteiger partial charge in [-0.25, -0.2) is 9.29 Å². The maximum atomic E-state index is 14.1. The van der Waals surface area contributed by atoms with E-state index in [2.05, 4.69) is 0 Å². The lowest BCUT2D eigenvalue weighted by atomic mass is 10.1. The molecule has 5 heteroatoms. The molecule has 0 unspecified atom stereocenters. The number of para-hydroxylation sites is 1. The van der Waals surface area contributed by atoms with Gasteiger partial charge in [-0.2, -0.15) is 0 Å². The molecule has 2 amide bonds. The Balaban J connectivity index is 1.64. The van der Waals surface area contributed by atoms with Crippen LogP contribution >= 0.6 is 0 Å². The lowest BCUT2D eigenvalue weighted by Crippen LogP contribution is -2.43. The zero-order valence-corrected chi connectivity index (χ0v) is 16.8. The first-order valence-electron chi connectivity index (χ1n) is 10.0. The van der Waals surface area contributed by atoms with Gasteiger partial charge in [-0.15, -0.1) is 0 Å². The minimum Gasteiger partial charge on any atom is -0.359 e. The van der Waals surface area contributed by atoms with Gasteiger partial charge in [0.2, 0.25) is 5.91 Å². The van der Waals surface area contributed by atoms with E-state index in [0.29, 0.717) is 24.2 Å². The van der Waals surface area contributed by atoms with Gasteiger partial charge in [0.1, 0.15) is 11.9 Å². The average molecular weight is 402 g/mol. The molecule has 1 fully saturated rings. The highest BCUT2D eigenvalue weighted by Gasteiger charge is 2.42. The van der Waals surface area contributed by atoms with Gasteiger partial charge >= 0.3 is 0 Å². The smallest absolute Gasteiger partial charge is 0.256 e. The molecular formula is C25H23FN2O2. The van der Waals surface area contributed by atoms with Gasteiger partial charge in [0, 0.05) is 12.2 Å². The van der Waals surface area contributed by atoms with E-state index in [9.17, 15) is 14.0 Å². The fraction of sp³-hybridized carbons (Fsp3) is 0.200. The Morgan fingerprint density at radius 3 is 2.30 bits per heavy atom. The van der Waals surface area contributed by atoms with E-state index in [1.165, 1.54) is 11.0 Å². The van der Waals surface area contributed by atoms with Crippen LogP contribution in [-0.4, -0.2) is 24.4 Å². The van der Waals surface area contributed by atoms with Crippen molar-refractivity contribution in [3.63, 3.8) is 0 Å². The van der Waals surface area contributed by atoms with Gasteiger partial charge in [0.15, 0.2) is 0 Å². The minimum atomic E-state index is -0.618. The summed E-state index contributed by atoms with van der Waals surface area (Å²) in [6.07, 6.45) is 0.530. The van der Waals surface area contributed by atoms with Crippen molar-refractivity contribution in [2.24, 2.45) is 0 Å². The molecular weight excluding hydrogens is 379 g/mol. The monoisotopic (exact) mass is 402 g/mol. The van der Waals surface area contributed by atoms with E-state index in [0.717, 1.165) is 11.3 Å². The van der Waals surface area contributed by atoms with Crippen molar-refractivity contribution < 1.29 is 14.0 Å². The SMILES string of the molecule is Cc1ccc(N(CCc2ccccc2F)[C@@H]2CC(=O)N(c3ccccc3)C2=O)cc1. The summed E-state index contributed by atoms with van der Waals surface area (Å²) in [7, 11) is 0. The Morgan fingerprint density at radius 2 is 1.60 bits per heavy atom. The summed E-state index contributed by atoms with van der Waals surface area (Å²) in [6, 6.07) is 22.8. The van der Waals surface area contributed by atoms with Crippen LogP contribution < -0.4 is 9.80 Å². The molecule has 0 bridgehead atoms. The van der Waals surface area contributed by atoms with Crippen molar-refractivity contribution >= 4 is 23.2 Å². The molecule has 0 saturated carbocycles. The highest BCUT2D eigenvalue weighted by atomic mass is 19.1. The number of aryl methyl sites for hydroxylation is 1. The molecule has 3 aromatic rings. The fourth-order valence-corrected chi connectivity index (χ4v) is 3.85. The molecule has 152 valence electrons. The van der Waals surface area contributed by atoms with Crippen molar-refractivity contribution in [1.29, 1.82) is 0 Å². The van der Waals surface area contributed by atoms with E-state index >= 15 is 0 Å². The van der Waals surface area contributed by atoms with Crippen LogP contribution in [0.15, 0.2) is 78.9 Å². The zero-order valence-electron chi connectivity index (χ0n) is 16.8. The number of rotatable bonds is 6. The Kier molecular flexibility index (Phi) is 5.61. The summed E-state index contributed by atoms with van der Waals surface area (Å²) in [6.45, 7) is 2.42. The van der Waals surface area contributed by atoms with E-state index < -0.39 is 6.04 Å². The number of amides is 2. The second-order valence-electron chi connectivity index (χ2n) is 7.49. The molecule has 4 nitrogen and oxygen atoms in total. The third kappa shape index (κ3) is 3.96. The lowest BCUT2D eigenvalue weighted by Gasteiger charge is -2.30. The maximum absolute atomic E-state index is 14.1. The van der Waals surface area contributed by atoms with Gasteiger partial charge in [0.25, 0.3) is 5.91 Å². The first-order valence-corrected chi connectivity index (χ1v) is 10.0. The number of carbonyl (C=O) groups is 2. The van der Waals surface area contributed by atoms with E-state index in [1.54, 1.807) is 42.5 Å². The molecule has 1 aliphatic rings. The van der Waals surface area contributed by atoms with Crippen molar-refractivity contribution in [2.75, 3.05) is 16.3 Å². The number of halogens is 1. The second-order valence-corrected chi connectivity index (χ2v) is 7.49. The zero-order chi connectivity index (χ0) is 21.1. The molecule has 0 N–H and O–H groups in total. The molecule has 4 rings (SSSR count). The molecule has 1 heterocycles. The molecule has 1 atom stereocenters. The van der Waals surface area contributed by atoms with Crippen LogP contribution in [0.4, 0.5) is 15.8 Å². The van der Waals surface area contributed by atoms with Crippen LogP contribution in [0, 0.1) is 12.7 Å². The molecule has 0 aromatic heterocycles. The summed E-state index contributed by atoms with van der Waals surface area (Å²) in [5.41, 5.74) is 3.12. The van der Waals surface area contributed by atoms with Gasteiger partial charge in [-0.1, -0.05) is 54.1 Å². The van der Waals surface area contributed by atoms with Crippen molar-refractivity contribution in [2.45, 2.75) is 25.8 Å². The van der Waals surface area contributed by atoms with Crippen LogP contribution in [0.5, 0.6) is 0 Å². The van der Waals surface area contributed by atoms with Gasteiger partial charge in [-0.3, -0.25) is 9.59 Å². The second kappa shape index (κ2) is 8.49. The van der Waals surface area contributed by atoms with Gasteiger partial charge in [0.05, 0.1) is 12.1 Å². The first-order chi connectivity index (χ1) is 14.5. The van der Waals surface area contributed by atoms with Crippen LogP contribution in [0.1, 0.15) is 17.5 Å². The van der Waals surface area contributed by atoms with E-state index in [1.807, 2.05) is 42.2 Å². The van der Waals surface area contributed by atoms with Crippen molar-refractivity contribution in [3.8, 4) is 0 Å². The first kappa shape index (κ1) is 19.8. The Labute approximate surface area is 175 Å². The molecule has 1 aliphatic heterocycles. The summed E-state index contributed by atoms with van der Waals surface area (Å²) in [5.74, 6) is -0.736. The molecule has 1 saturated heterocycles. The Morgan fingerprint density at radius 1 is 0.933 bits per heavy atom. The number of hydrogen-bond donors (Lipinski definition) is 0. The van der Waals surface area contributed by atoms with Crippen LogP contribution in [0.2, 0.25) is 0 Å². The largest absolute Gasteiger partial charge is 0.359 e. The van der Waals surface area contributed by atoms with Crippen molar-refractivity contribution in [3.05, 3.63) is 95.8 Å². The summed E-state index contributed by atoms with van der Waals surface area (Å²) in [5, 5.41) is 0. The maximum Gasteiger partial charge on any atom is 0.256 e. The topological polar surface area (TPSA) is 40.6 Å². The summed E-state index contributed by atoms with van der Waals surface area (Å²) in [4.78, 5) is 29.2. The third-order valence-corrected chi connectivity index (χ3v) is 5.46. The quantitative estimate of drug-likeness (QED) is 0.570. The number of hydrogen-bond acceptors (Lipinski definition) is 3. The third-order valence-electron chi connectivity index (χ3n) is 5.46. The number of imide groups is 1. The normalized spacial score (nSPS) is 16.2. The highest BCUT2D eigenvalue weighted by molar-refractivity contribution is 6.23. The van der Waals surface area contributed by atoms with E-state index in [-0.39, 0.29) is 24.1 Å². The van der Waals surface area contributed by atoms with Gasteiger partial charge in [-0.05, 0) is 49.2 Å². The highest BCUT2D eigenvalue weighted by Crippen LogP contribution is 2.29. The standard InChI is InChI=1S/C25H23FN2O2/c1-18-11-13-20(14-12-18)27(16-15-19-7-5-6-10-22(19)26)23-17-24(29)28(25(23)30)21-8-3-2-4-9-21/h2-14,23H,15-17H2,1H3/t23-/m1/s1. The predicted octanol–water partition coefficient (Wildman–Crippen LogP) is 4.52. The Hall–Kier alpha value is -3.47. The molecule has 0 radical (unpaired) electrons. The molecule has 0 aliphatic carbocycles. The Bertz CT molecular complexity index is 1050. The van der Waals surface area contributed by atoms with Crippen molar-refractivity contribution in [1.82, 2.24) is 0 Å². The molecule has 30 heavy (non-hydrogen) atoms. The van der Waals surface area contributed by atoms with Crippen LogP contribution in [0.3, 0.4) is 0 Å². The predicted molar refractivity (Wildman–Crippen MR) is 116 cm³/mol. The van der Waals surface area contributed by atoms with Crippen LogP contribution in [0.25, 0.3) is 0 Å². The van der Waals surface area contributed by atoms with E-state index in [4.69, 9.17) is 0 Å². The average Bonchev–Trinajstić information content (AvgIpc) is 3.05. The van der Waals surface area contributed by atoms with Crippen LogP contribution in [-0.2, 0) is 16.0 Å². The fourth-order valence-electron chi connectivity index (χ4n) is 3.85. The molecule has 0 spiro atoms. The van der Waals surface area contributed by atoms with Gasteiger partial charge < -0.3 is 4.90 Å². The number of nitrogens with zero attached hydrogens (tertiary/aromatic N) is 2. The molecule has 3 aromatic carbocycles. The number of anilines is 2. The summed E-state index contributed by atoms with van der Waals surface area (Å²) >= 11 is 0. The number of carbonyl (C=O) groups excluding carboxylic acids is 2. The minimum absolute atomic E-state index is 0.0961. The lowest BCUT2D eigenvalue weighted by molar-refractivity contribution is -0.121. The number of benzene rings is 3.